The minimum Gasteiger partial charge on any atom is -0.366 e. The molecule has 0 saturated heterocycles. The summed E-state index contributed by atoms with van der Waals surface area (Å²) in [6, 6.07) is 1.82. The molecule has 0 aliphatic rings. The zero-order valence-corrected chi connectivity index (χ0v) is 7.42. The summed E-state index contributed by atoms with van der Waals surface area (Å²) in [7, 11) is 0. The highest BCUT2D eigenvalue weighted by atomic mass is 16.5. The van der Waals surface area contributed by atoms with Gasteiger partial charge in [0.15, 0.2) is 0 Å². The molecule has 6 nitrogen and oxygen atoms in total. The molecular formula is C8H9N5O. The van der Waals surface area contributed by atoms with Crippen LogP contribution >= 0.6 is 0 Å². The summed E-state index contributed by atoms with van der Waals surface area (Å²) in [4.78, 5) is 3.84. The molecule has 0 amide bonds. The monoisotopic (exact) mass is 191 g/mol. The van der Waals surface area contributed by atoms with Crippen molar-refractivity contribution in [1.29, 1.82) is 0 Å². The Bertz CT molecular complexity index is 383. The molecule has 14 heavy (non-hydrogen) atoms. The molecule has 0 saturated carbocycles. The van der Waals surface area contributed by atoms with E-state index in [-0.39, 0.29) is 5.95 Å². The van der Waals surface area contributed by atoms with E-state index in [2.05, 4.69) is 20.3 Å². The van der Waals surface area contributed by atoms with E-state index in [4.69, 9.17) is 10.3 Å². The van der Waals surface area contributed by atoms with Crippen LogP contribution in [0, 0.1) is 0 Å². The van der Waals surface area contributed by atoms with Crippen molar-refractivity contribution < 1.29 is 4.52 Å². The molecule has 2 aromatic rings. The molecule has 0 atom stereocenters. The van der Waals surface area contributed by atoms with E-state index < -0.39 is 0 Å². The van der Waals surface area contributed by atoms with E-state index in [9.17, 15) is 0 Å². The summed E-state index contributed by atoms with van der Waals surface area (Å²) in [6.07, 6.45) is 4.65. The summed E-state index contributed by atoms with van der Waals surface area (Å²) in [5.74, 6) is 0.190. The molecule has 0 unspecified atom stereocenters. The number of hydrogen-bond acceptors (Lipinski definition) is 6. The van der Waals surface area contributed by atoms with Gasteiger partial charge in [-0.1, -0.05) is 5.16 Å². The third-order valence-electron chi connectivity index (χ3n) is 1.76. The van der Waals surface area contributed by atoms with Crippen molar-refractivity contribution in [3.8, 4) is 0 Å². The van der Waals surface area contributed by atoms with Gasteiger partial charge < -0.3 is 10.3 Å². The van der Waals surface area contributed by atoms with E-state index in [0.29, 0.717) is 0 Å². The Balaban J connectivity index is 1.95. The van der Waals surface area contributed by atoms with Crippen LogP contribution in [0.25, 0.3) is 0 Å². The summed E-state index contributed by atoms with van der Waals surface area (Å²) >= 11 is 0. The Kier molecular flexibility index (Phi) is 2.35. The van der Waals surface area contributed by atoms with Crippen LogP contribution in [0.1, 0.15) is 11.4 Å². The van der Waals surface area contributed by atoms with Gasteiger partial charge in [0.2, 0.25) is 5.95 Å². The number of hydrogen-bond donors (Lipinski definition) is 1. The average Bonchev–Trinajstić information content (AvgIpc) is 2.70. The van der Waals surface area contributed by atoms with Crippen molar-refractivity contribution in [1.82, 2.24) is 20.3 Å². The molecule has 72 valence electrons. The largest absolute Gasteiger partial charge is 0.366 e. The smallest absolute Gasteiger partial charge is 0.240 e. The normalized spacial score (nSPS) is 10.3. The molecule has 0 spiro atoms. The van der Waals surface area contributed by atoms with Gasteiger partial charge >= 0.3 is 0 Å². The van der Waals surface area contributed by atoms with Gasteiger partial charge in [0.25, 0.3) is 0 Å². The van der Waals surface area contributed by atoms with Crippen molar-refractivity contribution >= 4 is 5.95 Å². The van der Waals surface area contributed by atoms with Gasteiger partial charge in [-0.2, -0.15) is 5.10 Å². The molecule has 6 heteroatoms. The molecule has 0 aromatic carbocycles. The Labute approximate surface area is 80.2 Å². The Morgan fingerprint density at radius 2 is 2.07 bits per heavy atom. The first-order chi connectivity index (χ1) is 6.84. The van der Waals surface area contributed by atoms with Crippen molar-refractivity contribution in [2.24, 2.45) is 0 Å². The minimum absolute atomic E-state index is 0.190. The van der Waals surface area contributed by atoms with Crippen LogP contribution in [0.15, 0.2) is 23.0 Å². The maximum absolute atomic E-state index is 5.31. The highest BCUT2D eigenvalue weighted by Crippen LogP contribution is 2.01. The summed E-state index contributed by atoms with van der Waals surface area (Å²) < 4.78 is 4.70. The van der Waals surface area contributed by atoms with Gasteiger partial charge in [-0.05, 0) is 12.8 Å². The topological polar surface area (TPSA) is 90.7 Å². The zero-order valence-electron chi connectivity index (χ0n) is 7.42. The molecule has 0 aliphatic heterocycles. The fraction of sp³-hybridized carbons (Fsp3) is 0.250. The second kappa shape index (κ2) is 3.82. The highest BCUT2D eigenvalue weighted by molar-refractivity contribution is 5.12. The number of nitrogens with two attached hydrogens (primary N) is 1. The van der Waals surface area contributed by atoms with Gasteiger partial charge in [0.1, 0.15) is 6.26 Å². The first kappa shape index (κ1) is 8.61. The van der Waals surface area contributed by atoms with Crippen LogP contribution in [-0.2, 0) is 12.8 Å². The third-order valence-corrected chi connectivity index (χ3v) is 1.76. The maximum Gasteiger partial charge on any atom is 0.240 e. The van der Waals surface area contributed by atoms with Crippen LogP contribution in [-0.4, -0.2) is 20.3 Å². The molecule has 0 aliphatic carbocycles. The number of aryl methyl sites for hydroxylation is 2. The van der Waals surface area contributed by atoms with E-state index in [0.717, 1.165) is 24.2 Å². The van der Waals surface area contributed by atoms with Crippen LogP contribution in [0.3, 0.4) is 0 Å². The van der Waals surface area contributed by atoms with Crippen LogP contribution in [0.5, 0.6) is 0 Å². The van der Waals surface area contributed by atoms with Crippen molar-refractivity contribution in [3.63, 3.8) is 0 Å². The third kappa shape index (κ3) is 2.03. The number of nitrogen functional groups attached to an aromatic ring is 1. The Morgan fingerprint density at radius 3 is 2.71 bits per heavy atom. The maximum atomic E-state index is 5.31. The lowest BCUT2D eigenvalue weighted by Crippen LogP contribution is -2.01. The second-order valence-electron chi connectivity index (χ2n) is 2.80. The first-order valence-electron chi connectivity index (χ1n) is 4.18. The molecular weight excluding hydrogens is 182 g/mol. The molecule has 0 radical (unpaired) electrons. The van der Waals surface area contributed by atoms with Gasteiger partial charge in [-0.25, -0.2) is 4.98 Å². The standard InChI is InChI=1S/C8H9N5O/c9-8-10-5-7(11-12-8)2-1-6-3-4-14-13-6/h3-5H,1-2H2,(H2,9,10,12). The predicted molar refractivity (Wildman–Crippen MR) is 48.2 cm³/mol. The van der Waals surface area contributed by atoms with Crippen LogP contribution in [0.4, 0.5) is 5.95 Å². The van der Waals surface area contributed by atoms with E-state index in [1.54, 1.807) is 12.5 Å². The molecule has 2 rings (SSSR count). The average molecular weight is 191 g/mol. The SMILES string of the molecule is Nc1ncc(CCc2ccon2)nn1. The molecule has 0 fully saturated rings. The number of aromatic nitrogens is 4. The molecule has 2 heterocycles. The molecule has 2 N–H and O–H groups in total. The van der Waals surface area contributed by atoms with E-state index in [1.807, 2.05) is 6.07 Å². The van der Waals surface area contributed by atoms with E-state index >= 15 is 0 Å². The van der Waals surface area contributed by atoms with Gasteiger partial charge in [0, 0.05) is 6.07 Å². The fourth-order valence-corrected chi connectivity index (χ4v) is 1.04. The number of rotatable bonds is 3. The summed E-state index contributed by atoms with van der Waals surface area (Å²) in [5, 5.41) is 11.3. The summed E-state index contributed by atoms with van der Waals surface area (Å²) in [5.41, 5.74) is 6.99. The van der Waals surface area contributed by atoms with E-state index in [1.165, 1.54) is 0 Å². The quantitative estimate of drug-likeness (QED) is 0.746. The zero-order chi connectivity index (χ0) is 9.80. The lowest BCUT2D eigenvalue weighted by Gasteiger charge is -1.96. The molecule has 0 bridgehead atoms. The van der Waals surface area contributed by atoms with Gasteiger partial charge in [-0.15, -0.1) is 5.10 Å². The summed E-state index contributed by atoms with van der Waals surface area (Å²) in [6.45, 7) is 0. The van der Waals surface area contributed by atoms with Crippen molar-refractivity contribution in [2.45, 2.75) is 12.8 Å². The van der Waals surface area contributed by atoms with Crippen molar-refractivity contribution in [2.75, 3.05) is 5.73 Å². The lowest BCUT2D eigenvalue weighted by molar-refractivity contribution is 0.411. The first-order valence-corrected chi connectivity index (χ1v) is 4.18. The van der Waals surface area contributed by atoms with Gasteiger partial charge in [0.05, 0.1) is 17.6 Å². The Morgan fingerprint density at radius 1 is 1.21 bits per heavy atom. The van der Waals surface area contributed by atoms with Gasteiger partial charge in [-0.3, -0.25) is 0 Å². The molecule has 2 aromatic heterocycles. The van der Waals surface area contributed by atoms with Crippen LogP contribution < -0.4 is 5.73 Å². The van der Waals surface area contributed by atoms with Crippen LogP contribution in [0.2, 0.25) is 0 Å². The number of nitrogens with zero attached hydrogens (tertiary/aromatic N) is 4. The predicted octanol–water partition coefficient (Wildman–Crippen LogP) is 0.227. The lowest BCUT2D eigenvalue weighted by atomic mass is 10.2. The fourth-order valence-electron chi connectivity index (χ4n) is 1.04. The number of anilines is 1. The Hall–Kier alpha value is -1.98. The minimum atomic E-state index is 0.190. The van der Waals surface area contributed by atoms with Crippen molar-refractivity contribution in [3.05, 3.63) is 29.9 Å². The second-order valence-corrected chi connectivity index (χ2v) is 2.80. The highest BCUT2D eigenvalue weighted by Gasteiger charge is 2.00.